The predicted molar refractivity (Wildman–Crippen MR) is 87.9 cm³/mol. The van der Waals surface area contributed by atoms with Crippen LogP contribution in [-0.2, 0) is 9.59 Å². The summed E-state index contributed by atoms with van der Waals surface area (Å²) in [6.07, 6.45) is 3.09. The molecule has 1 saturated heterocycles. The van der Waals surface area contributed by atoms with E-state index in [9.17, 15) is 9.59 Å². The van der Waals surface area contributed by atoms with Crippen molar-refractivity contribution in [3.8, 4) is 5.75 Å². The van der Waals surface area contributed by atoms with Gasteiger partial charge >= 0.3 is 0 Å². The number of methoxy groups -OCH3 is 1. The van der Waals surface area contributed by atoms with Gasteiger partial charge in [-0.3, -0.25) is 9.59 Å². The van der Waals surface area contributed by atoms with Gasteiger partial charge in [-0.15, -0.1) is 0 Å². The number of furan rings is 1. The first-order valence-electron chi connectivity index (χ1n) is 7.48. The number of amides is 2. The van der Waals surface area contributed by atoms with Gasteiger partial charge in [0.1, 0.15) is 11.5 Å². The van der Waals surface area contributed by atoms with Gasteiger partial charge in [-0.25, -0.2) is 5.43 Å². The number of nitrogens with zero attached hydrogens (tertiary/aromatic N) is 2. The maximum absolute atomic E-state index is 12.2. The number of hydrogen-bond donors (Lipinski definition) is 1. The van der Waals surface area contributed by atoms with Gasteiger partial charge in [-0.1, -0.05) is 0 Å². The Labute approximate surface area is 138 Å². The van der Waals surface area contributed by atoms with Crippen LogP contribution in [0, 0.1) is 5.92 Å². The van der Waals surface area contributed by atoms with Crippen molar-refractivity contribution in [2.24, 2.45) is 11.0 Å². The molecule has 0 bridgehead atoms. The zero-order valence-electron chi connectivity index (χ0n) is 13.1. The van der Waals surface area contributed by atoms with Crippen LogP contribution in [0.5, 0.6) is 5.75 Å². The van der Waals surface area contributed by atoms with E-state index < -0.39 is 5.92 Å². The SMILES string of the molecule is COc1ccc(N2C[C@@H](C(=O)N/N=C/c3ccco3)CC2=O)cc1. The molecule has 2 aromatic rings. The molecule has 1 aliphatic heterocycles. The van der Waals surface area contributed by atoms with Crippen LogP contribution >= 0.6 is 0 Å². The second-order valence-corrected chi connectivity index (χ2v) is 5.35. The number of anilines is 1. The molecule has 2 amide bonds. The van der Waals surface area contributed by atoms with E-state index in [2.05, 4.69) is 10.5 Å². The zero-order chi connectivity index (χ0) is 16.9. The molecule has 1 aromatic carbocycles. The highest BCUT2D eigenvalue weighted by Crippen LogP contribution is 2.26. The van der Waals surface area contributed by atoms with Crippen LogP contribution in [0.4, 0.5) is 5.69 Å². The molecule has 0 aliphatic carbocycles. The number of hydrazone groups is 1. The van der Waals surface area contributed by atoms with Gasteiger partial charge in [-0.2, -0.15) is 5.10 Å². The fraction of sp³-hybridized carbons (Fsp3) is 0.235. The Morgan fingerprint density at radius 2 is 2.17 bits per heavy atom. The zero-order valence-corrected chi connectivity index (χ0v) is 13.1. The van der Waals surface area contributed by atoms with E-state index in [0.29, 0.717) is 18.1 Å². The monoisotopic (exact) mass is 327 g/mol. The average molecular weight is 327 g/mol. The number of carbonyl (C=O) groups is 2. The van der Waals surface area contributed by atoms with Crippen molar-refractivity contribution in [3.63, 3.8) is 0 Å². The minimum atomic E-state index is -0.437. The topological polar surface area (TPSA) is 84.1 Å². The molecule has 3 rings (SSSR count). The highest BCUT2D eigenvalue weighted by atomic mass is 16.5. The summed E-state index contributed by atoms with van der Waals surface area (Å²) in [4.78, 5) is 25.9. The molecular formula is C17H17N3O4. The van der Waals surface area contributed by atoms with Crippen molar-refractivity contribution in [2.45, 2.75) is 6.42 Å². The third-order valence-electron chi connectivity index (χ3n) is 3.79. The molecular weight excluding hydrogens is 310 g/mol. The number of hydrogen-bond acceptors (Lipinski definition) is 5. The van der Waals surface area contributed by atoms with Gasteiger partial charge in [0.25, 0.3) is 0 Å². The van der Waals surface area contributed by atoms with Crippen LogP contribution in [0.25, 0.3) is 0 Å². The maximum Gasteiger partial charge on any atom is 0.245 e. The van der Waals surface area contributed by atoms with Gasteiger partial charge in [0.05, 0.1) is 25.5 Å². The molecule has 1 aromatic heterocycles. The predicted octanol–water partition coefficient (Wildman–Crippen LogP) is 1.79. The van der Waals surface area contributed by atoms with Gasteiger partial charge in [0.15, 0.2) is 0 Å². The van der Waals surface area contributed by atoms with Crippen LogP contribution in [0.15, 0.2) is 52.2 Å². The van der Waals surface area contributed by atoms with Gasteiger partial charge in [-0.05, 0) is 36.4 Å². The van der Waals surface area contributed by atoms with E-state index in [1.165, 1.54) is 12.5 Å². The lowest BCUT2D eigenvalue weighted by Gasteiger charge is -2.16. The Kier molecular flexibility index (Phi) is 4.60. The number of rotatable bonds is 5. The molecule has 0 radical (unpaired) electrons. The fourth-order valence-corrected chi connectivity index (χ4v) is 2.51. The summed E-state index contributed by atoms with van der Waals surface area (Å²) in [5.74, 6) is 0.440. The van der Waals surface area contributed by atoms with Crippen molar-refractivity contribution in [1.82, 2.24) is 5.43 Å². The normalized spacial score (nSPS) is 17.5. The first-order chi connectivity index (χ1) is 11.7. The number of benzene rings is 1. The number of ether oxygens (including phenoxy) is 1. The fourth-order valence-electron chi connectivity index (χ4n) is 2.51. The number of carbonyl (C=O) groups excluding carboxylic acids is 2. The van der Waals surface area contributed by atoms with Crippen molar-refractivity contribution in [1.29, 1.82) is 0 Å². The molecule has 0 spiro atoms. The second kappa shape index (κ2) is 6.99. The maximum atomic E-state index is 12.2. The largest absolute Gasteiger partial charge is 0.497 e. The van der Waals surface area contributed by atoms with Crippen LogP contribution in [0.1, 0.15) is 12.2 Å². The summed E-state index contributed by atoms with van der Waals surface area (Å²) in [6.45, 7) is 0.327. The Morgan fingerprint density at radius 1 is 1.38 bits per heavy atom. The highest BCUT2D eigenvalue weighted by molar-refractivity contribution is 6.00. The van der Waals surface area contributed by atoms with Crippen molar-refractivity contribution < 1.29 is 18.7 Å². The molecule has 24 heavy (non-hydrogen) atoms. The van der Waals surface area contributed by atoms with Crippen LogP contribution < -0.4 is 15.1 Å². The molecule has 0 saturated carbocycles. The van der Waals surface area contributed by atoms with Gasteiger partial charge < -0.3 is 14.1 Å². The minimum absolute atomic E-state index is 0.0877. The third kappa shape index (κ3) is 3.45. The Balaban J connectivity index is 1.60. The lowest BCUT2D eigenvalue weighted by Crippen LogP contribution is -2.30. The van der Waals surface area contributed by atoms with Crippen molar-refractivity contribution in [2.75, 3.05) is 18.6 Å². The van der Waals surface area contributed by atoms with Crippen LogP contribution in [0.2, 0.25) is 0 Å². The third-order valence-corrected chi connectivity index (χ3v) is 3.79. The van der Waals surface area contributed by atoms with Crippen molar-refractivity contribution in [3.05, 3.63) is 48.4 Å². The molecule has 1 aliphatic rings. The summed E-state index contributed by atoms with van der Waals surface area (Å²) >= 11 is 0. The summed E-state index contributed by atoms with van der Waals surface area (Å²) in [7, 11) is 1.58. The van der Waals surface area contributed by atoms with E-state index >= 15 is 0 Å². The van der Waals surface area contributed by atoms with E-state index in [-0.39, 0.29) is 18.2 Å². The first-order valence-corrected chi connectivity index (χ1v) is 7.48. The standard InChI is InChI=1S/C17H17N3O4/c1-23-14-6-4-13(5-7-14)20-11-12(9-16(20)21)17(22)19-18-10-15-3-2-8-24-15/h2-8,10,12H,9,11H2,1H3,(H,19,22)/b18-10+/t12-/m0/s1. The van der Waals surface area contributed by atoms with Gasteiger partial charge in [0, 0.05) is 18.7 Å². The number of nitrogens with one attached hydrogen (secondary N) is 1. The van der Waals surface area contributed by atoms with E-state index in [1.807, 2.05) is 0 Å². The Hall–Kier alpha value is -3.09. The summed E-state index contributed by atoms with van der Waals surface area (Å²) in [5.41, 5.74) is 3.19. The first kappa shape index (κ1) is 15.8. The molecule has 124 valence electrons. The quantitative estimate of drug-likeness (QED) is 0.670. The highest BCUT2D eigenvalue weighted by Gasteiger charge is 2.35. The minimum Gasteiger partial charge on any atom is -0.497 e. The molecule has 7 heteroatoms. The van der Waals surface area contributed by atoms with E-state index in [4.69, 9.17) is 9.15 Å². The molecule has 7 nitrogen and oxygen atoms in total. The Bertz CT molecular complexity index is 738. The second-order valence-electron chi connectivity index (χ2n) is 5.35. The lowest BCUT2D eigenvalue weighted by molar-refractivity contribution is -0.126. The average Bonchev–Trinajstić information content (AvgIpc) is 3.24. The molecule has 0 unspecified atom stereocenters. The van der Waals surface area contributed by atoms with Crippen LogP contribution in [-0.4, -0.2) is 31.7 Å². The summed E-state index contributed by atoms with van der Waals surface area (Å²) in [6, 6.07) is 10.6. The molecule has 1 fully saturated rings. The summed E-state index contributed by atoms with van der Waals surface area (Å²) in [5, 5.41) is 3.84. The molecule has 2 heterocycles. The lowest BCUT2D eigenvalue weighted by atomic mass is 10.1. The van der Waals surface area contributed by atoms with E-state index in [0.717, 1.165) is 5.69 Å². The Morgan fingerprint density at radius 3 is 2.83 bits per heavy atom. The smallest absolute Gasteiger partial charge is 0.245 e. The van der Waals surface area contributed by atoms with Crippen molar-refractivity contribution >= 4 is 23.7 Å². The molecule has 1 N–H and O–H groups in total. The van der Waals surface area contributed by atoms with Gasteiger partial charge in [0.2, 0.25) is 11.8 Å². The van der Waals surface area contributed by atoms with E-state index in [1.54, 1.807) is 48.4 Å². The molecule has 1 atom stereocenters. The van der Waals surface area contributed by atoms with Crippen LogP contribution in [0.3, 0.4) is 0 Å². The summed E-state index contributed by atoms with van der Waals surface area (Å²) < 4.78 is 10.2.